The standard InChI is InChI=1S/C15H21N5O.ClH/c1-3-6-16-7-8-18-15(21)14-5-4-13(9-12(14)2)20-11-17-10-19-20;/h4-5,9-11,16H,3,6-8H2,1-2H3,(H,18,21);1H. The van der Waals surface area contributed by atoms with Gasteiger partial charge in [0, 0.05) is 18.7 Å². The molecule has 2 N–H and O–H groups in total. The van der Waals surface area contributed by atoms with Gasteiger partial charge in [0.1, 0.15) is 12.7 Å². The SMILES string of the molecule is CCCNCCNC(=O)c1ccc(-n2cncn2)cc1C.Cl. The molecular formula is C15H22ClN5O. The lowest BCUT2D eigenvalue weighted by Gasteiger charge is -2.10. The Morgan fingerprint density at radius 3 is 2.73 bits per heavy atom. The van der Waals surface area contributed by atoms with Gasteiger partial charge in [-0.15, -0.1) is 12.4 Å². The molecule has 1 heterocycles. The minimum Gasteiger partial charge on any atom is -0.351 e. The van der Waals surface area contributed by atoms with Crippen LogP contribution in [0.2, 0.25) is 0 Å². The summed E-state index contributed by atoms with van der Waals surface area (Å²) in [5.74, 6) is -0.0454. The number of carbonyl (C=O) groups is 1. The quantitative estimate of drug-likeness (QED) is 0.761. The summed E-state index contributed by atoms with van der Waals surface area (Å²) in [5.41, 5.74) is 2.50. The number of carbonyl (C=O) groups excluding carboxylic acids is 1. The Hall–Kier alpha value is -1.92. The molecular weight excluding hydrogens is 302 g/mol. The predicted molar refractivity (Wildman–Crippen MR) is 88.8 cm³/mol. The first kappa shape index (κ1) is 18.1. The van der Waals surface area contributed by atoms with Crippen molar-refractivity contribution in [2.75, 3.05) is 19.6 Å². The Balaban J connectivity index is 0.00000242. The van der Waals surface area contributed by atoms with E-state index in [0.29, 0.717) is 12.1 Å². The molecule has 0 fully saturated rings. The van der Waals surface area contributed by atoms with Crippen LogP contribution in [-0.2, 0) is 0 Å². The molecule has 1 amide bonds. The highest BCUT2D eigenvalue weighted by Crippen LogP contribution is 2.13. The van der Waals surface area contributed by atoms with Crippen LogP contribution in [-0.4, -0.2) is 40.3 Å². The van der Waals surface area contributed by atoms with Crippen molar-refractivity contribution in [3.8, 4) is 5.69 Å². The molecule has 2 rings (SSSR count). The molecule has 0 radical (unpaired) electrons. The lowest BCUT2D eigenvalue weighted by Crippen LogP contribution is -2.32. The van der Waals surface area contributed by atoms with Crippen molar-refractivity contribution in [1.82, 2.24) is 25.4 Å². The zero-order valence-electron chi connectivity index (χ0n) is 12.9. The molecule has 2 aromatic rings. The number of nitrogens with one attached hydrogen (secondary N) is 2. The van der Waals surface area contributed by atoms with Crippen molar-refractivity contribution >= 4 is 18.3 Å². The number of hydrogen-bond donors (Lipinski definition) is 2. The maximum atomic E-state index is 12.1. The number of halogens is 1. The third-order valence-electron chi connectivity index (χ3n) is 3.15. The Morgan fingerprint density at radius 2 is 2.09 bits per heavy atom. The number of amides is 1. The van der Waals surface area contributed by atoms with E-state index < -0.39 is 0 Å². The van der Waals surface area contributed by atoms with E-state index in [0.717, 1.165) is 30.8 Å². The number of hydrogen-bond acceptors (Lipinski definition) is 4. The van der Waals surface area contributed by atoms with Crippen LogP contribution in [0.25, 0.3) is 5.69 Å². The molecule has 7 heteroatoms. The van der Waals surface area contributed by atoms with Gasteiger partial charge in [0.05, 0.1) is 5.69 Å². The topological polar surface area (TPSA) is 71.8 Å². The molecule has 0 aliphatic rings. The highest BCUT2D eigenvalue weighted by Gasteiger charge is 2.09. The molecule has 0 atom stereocenters. The number of rotatable bonds is 7. The Labute approximate surface area is 136 Å². The van der Waals surface area contributed by atoms with Gasteiger partial charge in [-0.3, -0.25) is 4.79 Å². The second-order valence-corrected chi connectivity index (χ2v) is 4.85. The first-order chi connectivity index (χ1) is 10.2. The molecule has 6 nitrogen and oxygen atoms in total. The van der Waals surface area contributed by atoms with E-state index in [4.69, 9.17) is 0 Å². The van der Waals surface area contributed by atoms with Crippen LogP contribution in [0.4, 0.5) is 0 Å². The summed E-state index contributed by atoms with van der Waals surface area (Å²) in [5, 5.41) is 10.2. The van der Waals surface area contributed by atoms with Crippen molar-refractivity contribution < 1.29 is 4.79 Å². The first-order valence-electron chi connectivity index (χ1n) is 7.17. The maximum absolute atomic E-state index is 12.1. The molecule has 1 aromatic heterocycles. The molecule has 22 heavy (non-hydrogen) atoms. The van der Waals surface area contributed by atoms with Gasteiger partial charge in [-0.2, -0.15) is 5.10 Å². The summed E-state index contributed by atoms with van der Waals surface area (Å²) in [6.07, 6.45) is 4.21. The van der Waals surface area contributed by atoms with Crippen LogP contribution >= 0.6 is 12.4 Å². The molecule has 120 valence electrons. The third kappa shape index (κ3) is 4.82. The van der Waals surface area contributed by atoms with Gasteiger partial charge >= 0.3 is 0 Å². The first-order valence-corrected chi connectivity index (χ1v) is 7.17. The lowest BCUT2D eigenvalue weighted by atomic mass is 10.1. The molecule has 0 spiro atoms. The van der Waals surface area contributed by atoms with Crippen molar-refractivity contribution in [2.24, 2.45) is 0 Å². The third-order valence-corrected chi connectivity index (χ3v) is 3.15. The smallest absolute Gasteiger partial charge is 0.251 e. The van der Waals surface area contributed by atoms with Gasteiger partial charge in [-0.1, -0.05) is 6.92 Å². The van der Waals surface area contributed by atoms with Crippen LogP contribution in [0, 0.1) is 6.92 Å². The maximum Gasteiger partial charge on any atom is 0.251 e. The average molecular weight is 324 g/mol. The Kier molecular flexibility index (Phi) is 7.56. The van der Waals surface area contributed by atoms with Gasteiger partial charge in [0.25, 0.3) is 5.91 Å². The van der Waals surface area contributed by atoms with Gasteiger partial charge in [-0.05, 0) is 43.7 Å². The average Bonchev–Trinajstić information content (AvgIpc) is 3.01. The summed E-state index contributed by atoms with van der Waals surface area (Å²) in [4.78, 5) is 16.0. The fraction of sp³-hybridized carbons (Fsp3) is 0.400. The zero-order chi connectivity index (χ0) is 15.1. The van der Waals surface area contributed by atoms with Crippen LogP contribution in [0.3, 0.4) is 0 Å². The summed E-state index contributed by atoms with van der Waals surface area (Å²) in [6, 6.07) is 5.62. The predicted octanol–water partition coefficient (Wildman–Crippen LogP) is 1.73. The second-order valence-electron chi connectivity index (χ2n) is 4.85. The second kappa shape index (κ2) is 9.17. The summed E-state index contributed by atoms with van der Waals surface area (Å²) >= 11 is 0. The molecule has 0 aliphatic heterocycles. The Bertz CT molecular complexity index is 586. The lowest BCUT2D eigenvalue weighted by molar-refractivity contribution is 0.0953. The van der Waals surface area contributed by atoms with E-state index in [1.807, 2.05) is 25.1 Å². The molecule has 0 unspecified atom stereocenters. The van der Waals surface area contributed by atoms with E-state index in [-0.39, 0.29) is 18.3 Å². The number of aryl methyl sites for hydroxylation is 1. The number of aromatic nitrogens is 3. The Morgan fingerprint density at radius 1 is 1.27 bits per heavy atom. The monoisotopic (exact) mass is 323 g/mol. The van der Waals surface area contributed by atoms with Gasteiger partial charge in [-0.25, -0.2) is 9.67 Å². The number of nitrogens with zero attached hydrogens (tertiary/aromatic N) is 3. The molecule has 0 saturated heterocycles. The van der Waals surface area contributed by atoms with Crippen molar-refractivity contribution in [3.63, 3.8) is 0 Å². The molecule has 0 saturated carbocycles. The fourth-order valence-corrected chi connectivity index (χ4v) is 2.05. The van der Waals surface area contributed by atoms with Crippen LogP contribution in [0.1, 0.15) is 29.3 Å². The molecule has 0 aliphatic carbocycles. The van der Waals surface area contributed by atoms with E-state index in [1.165, 1.54) is 6.33 Å². The van der Waals surface area contributed by atoms with E-state index in [1.54, 1.807) is 11.0 Å². The van der Waals surface area contributed by atoms with Gasteiger partial charge in [0.2, 0.25) is 0 Å². The van der Waals surface area contributed by atoms with Gasteiger partial charge < -0.3 is 10.6 Å². The van der Waals surface area contributed by atoms with E-state index in [9.17, 15) is 4.79 Å². The number of benzene rings is 1. The minimum absolute atomic E-state index is 0. The van der Waals surface area contributed by atoms with E-state index >= 15 is 0 Å². The zero-order valence-corrected chi connectivity index (χ0v) is 13.7. The molecule has 0 bridgehead atoms. The summed E-state index contributed by atoms with van der Waals surface area (Å²) < 4.78 is 1.67. The fourth-order valence-electron chi connectivity index (χ4n) is 2.05. The summed E-state index contributed by atoms with van der Waals surface area (Å²) in [7, 11) is 0. The van der Waals surface area contributed by atoms with E-state index in [2.05, 4.69) is 27.6 Å². The van der Waals surface area contributed by atoms with Crippen LogP contribution < -0.4 is 10.6 Å². The minimum atomic E-state index is -0.0454. The molecule has 1 aromatic carbocycles. The largest absolute Gasteiger partial charge is 0.351 e. The van der Waals surface area contributed by atoms with Crippen LogP contribution in [0.5, 0.6) is 0 Å². The summed E-state index contributed by atoms with van der Waals surface area (Å²) in [6.45, 7) is 6.43. The highest BCUT2D eigenvalue weighted by atomic mass is 35.5. The van der Waals surface area contributed by atoms with Gasteiger partial charge in [0.15, 0.2) is 0 Å². The van der Waals surface area contributed by atoms with Crippen molar-refractivity contribution in [2.45, 2.75) is 20.3 Å². The van der Waals surface area contributed by atoms with Crippen molar-refractivity contribution in [1.29, 1.82) is 0 Å². The van der Waals surface area contributed by atoms with Crippen LogP contribution in [0.15, 0.2) is 30.9 Å². The highest BCUT2D eigenvalue weighted by molar-refractivity contribution is 5.95. The normalized spacial score (nSPS) is 10.1. The van der Waals surface area contributed by atoms with Crippen molar-refractivity contribution in [3.05, 3.63) is 42.0 Å².